The van der Waals surface area contributed by atoms with E-state index >= 15 is 0 Å². The molecule has 0 spiro atoms. The second-order valence-electron chi connectivity index (χ2n) is 3.51. The maximum atomic E-state index is 11.8. The summed E-state index contributed by atoms with van der Waals surface area (Å²) < 4.78 is 11.8. The second kappa shape index (κ2) is 4.41. The Morgan fingerprint density at radius 2 is 2.36 bits per heavy atom. The van der Waals surface area contributed by atoms with E-state index in [2.05, 4.69) is 4.98 Å². The van der Waals surface area contributed by atoms with Crippen LogP contribution < -0.4 is 0 Å². The number of nitrogens with zero attached hydrogens (tertiary/aromatic N) is 1. The van der Waals surface area contributed by atoms with Gasteiger partial charge < -0.3 is 0 Å². The first-order valence-corrected chi connectivity index (χ1v) is 6.50. The van der Waals surface area contributed by atoms with Crippen molar-refractivity contribution in [1.82, 2.24) is 4.98 Å². The van der Waals surface area contributed by atoms with Crippen molar-refractivity contribution in [3.63, 3.8) is 0 Å². The van der Waals surface area contributed by atoms with Crippen molar-refractivity contribution in [1.29, 1.82) is 0 Å². The molecule has 2 nitrogen and oxygen atoms in total. The van der Waals surface area contributed by atoms with Gasteiger partial charge in [-0.15, -0.1) is 0 Å². The molecule has 1 saturated carbocycles. The molecule has 0 saturated heterocycles. The van der Waals surface area contributed by atoms with Gasteiger partial charge in [-0.25, -0.2) is 0 Å². The van der Waals surface area contributed by atoms with Crippen molar-refractivity contribution in [3.05, 3.63) is 29.0 Å². The molecule has 1 aromatic heterocycles. The summed E-state index contributed by atoms with van der Waals surface area (Å²) >= 11 is 5.94. The van der Waals surface area contributed by atoms with Crippen LogP contribution in [-0.2, 0) is 16.6 Å². The van der Waals surface area contributed by atoms with Gasteiger partial charge >= 0.3 is 0 Å². The molecule has 14 heavy (non-hydrogen) atoms. The van der Waals surface area contributed by atoms with E-state index < -0.39 is 10.8 Å². The lowest BCUT2D eigenvalue weighted by Crippen LogP contribution is -2.24. The monoisotopic (exact) mass is 229 g/mol. The first kappa shape index (κ1) is 10.1. The van der Waals surface area contributed by atoms with Gasteiger partial charge in [0, 0.05) is 22.2 Å². The average molecular weight is 230 g/mol. The third-order valence-corrected chi connectivity index (χ3v) is 4.65. The van der Waals surface area contributed by atoms with Crippen molar-refractivity contribution >= 4 is 22.4 Å². The van der Waals surface area contributed by atoms with Crippen LogP contribution in [0.25, 0.3) is 0 Å². The Hall–Kier alpha value is -0.410. The number of rotatable bonds is 3. The number of halogens is 1. The molecular weight excluding hydrogens is 218 g/mol. The number of aromatic nitrogens is 1. The SMILES string of the molecule is O=S(Cc1ncccc1Cl)C1CCC1. The zero-order valence-electron chi connectivity index (χ0n) is 7.78. The number of hydrogen-bond donors (Lipinski definition) is 0. The van der Waals surface area contributed by atoms with Crippen LogP contribution in [0.2, 0.25) is 5.02 Å². The predicted molar refractivity (Wildman–Crippen MR) is 58.7 cm³/mol. The molecule has 1 aliphatic rings. The summed E-state index contributed by atoms with van der Waals surface area (Å²) in [6.07, 6.45) is 5.10. The zero-order valence-corrected chi connectivity index (χ0v) is 9.35. The van der Waals surface area contributed by atoms with Gasteiger partial charge in [0.1, 0.15) is 0 Å². The minimum atomic E-state index is -0.786. The average Bonchev–Trinajstić information content (AvgIpc) is 2.05. The van der Waals surface area contributed by atoms with E-state index in [4.69, 9.17) is 11.6 Å². The fraction of sp³-hybridized carbons (Fsp3) is 0.500. The van der Waals surface area contributed by atoms with E-state index in [1.54, 1.807) is 18.3 Å². The van der Waals surface area contributed by atoms with Crippen molar-refractivity contribution in [3.8, 4) is 0 Å². The Kier molecular flexibility index (Phi) is 3.19. The molecule has 0 aliphatic heterocycles. The molecule has 1 heterocycles. The minimum Gasteiger partial charge on any atom is -0.259 e. The van der Waals surface area contributed by atoms with Gasteiger partial charge in [-0.2, -0.15) is 0 Å². The number of pyridine rings is 1. The molecule has 76 valence electrons. The Morgan fingerprint density at radius 1 is 1.57 bits per heavy atom. The molecule has 1 fully saturated rings. The molecule has 1 unspecified atom stereocenters. The molecule has 1 aromatic rings. The smallest absolute Gasteiger partial charge is 0.0714 e. The Morgan fingerprint density at radius 3 is 2.93 bits per heavy atom. The molecule has 1 atom stereocenters. The maximum absolute atomic E-state index is 11.8. The first-order chi connectivity index (χ1) is 6.77. The van der Waals surface area contributed by atoms with Gasteiger partial charge in [0.05, 0.1) is 16.5 Å². The largest absolute Gasteiger partial charge is 0.259 e. The Bertz CT molecular complexity index is 352. The van der Waals surface area contributed by atoms with Gasteiger partial charge in [-0.1, -0.05) is 18.0 Å². The highest BCUT2D eigenvalue weighted by molar-refractivity contribution is 7.84. The van der Waals surface area contributed by atoms with Gasteiger partial charge in [-0.3, -0.25) is 9.19 Å². The number of hydrogen-bond acceptors (Lipinski definition) is 2. The van der Waals surface area contributed by atoms with E-state index in [1.807, 2.05) is 0 Å². The van der Waals surface area contributed by atoms with E-state index in [0.717, 1.165) is 18.5 Å². The molecule has 1 aliphatic carbocycles. The van der Waals surface area contributed by atoms with E-state index in [9.17, 15) is 4.21 Å². The van der Waals surface area contributed by atoms with Crippen LogP contribution in [0.5, 0.6) is 0 Å². The van der Waals surface area contributed by atoms with Crippen molar-refractivity contribution in [2.45, 2.75) is 30.3 Å². The summed E-state index contributed by atoms with van der Waals surface area (Å²) in [6.45, 7) is 0. The van der Waals surface area contributed by atoms with E-state index in [0.29, 0.717) is 16.0 Å². The van der Waals surface area contributed by atoms with E-state index in [-0.39, 0.29) is 0 Å². The van der Waals surface area contributed by atoms with Crippen LogP contribution in [-0.4, -0.2) is 14.4 Å². The Balaban J connectivity index is 2.03. The van der Waals surface area contributed by atoms with Gasteiger partial charge in [0.15, 0.2) is 0 Å². The highest BCUT2D eigenvalue weighted by Crippen LogP contribution is 2.26. The van der Waals surface area contributed by atoms with Crippen LogP contribution in [0, 0.1) is 0 Å². The minimum absolute atomic E-state index is 0.382. The van der Waals surface area contributed by atoms with Crippen LogP contribution in [0.1, 0.15) is 25.0 Å². The lowest BCUT2D eigenvalue weighted by Gasteiger charge is -2.24. The molecular formula is C10H12ClNOS. The predicted octanol–water partition coefficient (Wildman–Crippen LogP) is 2.54. The highest BCUT2D eigenvalue weighted by Gasteiger charge is 2.24. The third kappa shape index (κ3) is 2.15. The molecule has 0 N–H and O–H groups in total. The third-order valence-electron chi connectivity index (χ3n) is 2.54. The topological polar surface area (TPSA) is 30.0 Å². The lowest BCUT2D eigenvalue weighted by molar-refractivity contribution is 0.504. The summed E-state index contributed by atoms with van der Waals surface area (Å²) in [4.78, 5) is 4.13. The fourth-order valence-electron chi connectivity index (χ4n) is 1.41. The molecule has 2 rings (SSSR count). The summed E-state index contributed by atoms with van der Waals surface area (Å²) in [7, 11) is -0.786. The summed E-state index contributed by atoms with van der Waals surface area (Å²) in [5.41, 5.74) is 0.763. The molecule has 4 heteroatoms. The van der Waals surface area contributed by atoms with Crippen molar-refractivity contribution < 1.29 is 4.21 Å². The van der Waals surface area contributed by atoms with Crippen LogP contribution in [0.15, 0.2) is 18.3 Å². The zero-order chi connectivity index (χ0) is 9.97. The summed E-state index contributed by atoms with van der Waals surface area (Å²) in [6, 6.07) is 3.58. The molecule has 0 bridgehead atoms. The van der Waals surface area contributed by atoms with Gasteiger partial charge in [0.25, 0.3) is 0 Å². The standard InChI is InChI=1S/C10H12ClNOS/c11-9-5-2-6-12-10(9)7-14(13)8-3-1-4-8/h2,5-6,8H,1,3-4,7H2. The van der Waals surface area contributed by atoms with Gasteiger partial charge in [0.2, 0.25) is 0 Å². The van der Waals surface area contributed by atoms with E-state index in [1.165, 1.54) is 6.42 Å². The highest BCUT2D eigenvalue weighted by atomic mass is 35.5. The van der Waals surface area contributed by atoms with Crippen molar-refractivity contribution in [2.75, 3.05) is 0 Å². The van der Waals surface area contributed by atoms with Crippen molar-refractivity contribution in [2.24, 2.45) is 0 Å². The second-order valence-corrected chi connectivity index (χ2v) is 5.63. The molecule has 0 aromatic carbocycles. The fourth-order valence-corrected chi connectivity index (χ4v) is 3.27. The normalized spacial score (nSPS) is 18.9. The van der Waals surface area contributed by atoms with Crippen LogP contribution >= 0.6 is 11.6 Å². The quantitative estimate of drug-likeness (QED) is 0.798. The van der Waals surface area contributed by atoms with Crippen LogP contribution in [0.3, 0.4) is 0 Å². The molecule has 0 amide bonds. The summed E-state index contributed by atoms with van der Waals surface area (Å²) in [5, 5.41) is 1.01. The van der Waals surface area contributed by atoms with Gasteiger partial charge in [-0.05, 0) is 25.0 Å². The maximum Gasteiger partial charge on any atom is 0.0714 e. The lowest BCUT2D eigenvalue weighted by atomic mass is 10.0. The molecule has 0 radical (unpaired) electrons. The summed E-state index contributed by atoms with van der Waals surface area (Å²) in [5.74, 6) is 0.504. The first-order valence-electron chi connectivity index (χ1n) is 4.74. The van der Waals surface area contributed by atoms with Crippen LogP contribution in [0.4, 0.5) is 0 Å². The Labute approximate surface area is 91.1 Å².